The minimum absolute atomic E-state index is 0.182. The molecule has 0 saturated carbocycles. The molecule has 0 aromatic heterocycles. The van der Waals surface area contributed by atoms with E-state index >= 15 is 0 Å². The van der Waals surface area contributed by atoms with Crippen LogP contribution in [0, 0.1) is 5.82 Å². The highest BCUT2D eigenvalue weighted by atomic mass is 35.5. The second kappa shape index (κ2) is 8.04. The van der Waals surface area contributed by atoms with Crippen LogP contribution in [0.1, 0.15) is 18.5 Å². The molecule has 112 valence electrons. The molecule has 0 spiro atoms. The van der Waals surface area contributed by atoms with Gasteiger partial charge in [0.25, 0.3) is 0 Å². The molecule has 0 aliphatic heterocycles. The number of hydrogen-bond donors (Lipinski definition) is 1. The second-order valence-electron chi connectivity index (χ2n) is 4.65. The Balaban J connectivity index is 1.79. The first kappa shape index (κ1) is 16.6. The van der Waals surface area contributed by atoms with E-state index in [0.29, 0.717) is 5.02 Å². The Hall–Kier alpha value is -0.740. The van der Waals surface area contributed by atoms with Crippen molar-refractivity contribution in [3.8, 4) is 0 Å². The van der Waals surface area contributed by atoms with Gasteiger partial charge in [0.1, 0.15) is 5.82 Å². The predicted molar refractivity (Wildman–Crippen MR) is 90.0 cm³/mol. The predicted octanol–water partition coefficient (Wildman–Crippen LogP) is 5.58. The number of thioether (sulfide) groups is 1. The van der Waals surface area contributed by atoms with Crippen molar-refractivity contribution >= 4 is 35.0 Å². The van der Waals surface area contributed by atoms with Gasteiger partial charge in [-0.2, -0.15) is 0 Å². The quantitative estimate of drug-likeness (QED) is 0.543. The summed E-state index contributed by atoms with van der Waals surface area (Å²) in [5.74, 6) is 0.670. The van der Waals surface area contributed by atoms with Gasteiger partial charge in [0.2, 0.25) is 0 Å². The highest BCUT2D eigenvalue weighted by molar-refractivity contribution is 7.99. The van der Waals surface area contributed by atoms with Crippen molar-refractivity contribution in [2.24, 2.45) is 0 Å². The van der Waals surface area contributed by atoms with Gasteiger partial charge in [-0.3, -0.25) is 0 Å². The highest BCUT2D eigenvalue weighted by Crippen LogP contribution is 2.29. The molecule has 2 rings (SSSR count). The number of rotatable bonds is 6. The number of nitrogens with one attached hydrogen (secondary N) is 1. The lowest BCUT2D eigenvalue weighted by atomic mass is 10.1. The van der Waals surface area contributed by atoms with Crippen molar-refractivity contribution < 1.29 is 4.39 Å². The summed E-state index contributed by atoms with van der Waals surface area (Å²) in [5.41, 5.74) is 1.07. The summed E-state index contributed by atoms with van der Waals surface area (Å²) < 4.78 is 12.9. The van der Waals surface area contributed by atoms with E-state index in [1.807, 2.05) is 6.07 Å². The molecule has 1 N–H and O–H groups in total. The van der Waals surface area contributed by atoms with Crippen LogP contribution in [0.3, 0.4) is 0 Å². The molecular weight excluding hydrogens is 328 g/mol. The van der Waals surface area contributed by atoms with Crippen LogP contribution in [0.2, 0.25) is 10.0 Å². The zero-order chi connectivity index (χ0) is 15.2. The molecule has 2 aromatic rings. The van der Waals surface area contributed by atoms with Crippen LogP contribution in [0.15, 0.2) is 47.4 Å². The average molecular weight is 344 g/mol. The largest absolute Gasteiger partial charge is 0.309 e. The third kappa shape index (κ3) is 5.19. The molecule has 0 radical (unpaired) electrons. The first-order valence-corrected chi connectivity index (χ1v) is 8.37. The monoisotopic (exact) mass is 343 g/mol. The first-order valence-electron chi connectivity index (χ1n) is 6.63. The van der Waals surface area contributed by atoms with E-state index in [4.69, 9.17) is 23.2 Å². The minimum Gasteiger partial charge on any atom is -0.309 e. The van der Waals surface area contributed by atoms with Gasteiger partial charge in [-0.25, -0.2) is 4.39 Å². The normalized spacial score (nSPS) is 12.4. The van der Waals surface area contributed by atoms with E-state index in [-0.39, 0.29) is 11.9 Å². The molecule has 1 nitrogen and oxygen atoms in total. The fourth-order valence-corrected chi connectivity index (χ4v) is 3.27. The van der Waals surface area contributed by atoms with Gasteiger partial charge in [-0.05, 0) is 42.8 Å². The summed E-state index contributed by atoms with van der Waals surface area (Å²) in [6.07, 6.45) is 0. The van der Waals surface area contributed by atoms with E-state index in [1.165, 1.54) is 12.1 Å². The fourth-order valence-electron chi connectivity index (χ4n) is 1.89. The topological polar surface area (TPSA) is 12.0 Å². The molecule has 2 aromatic carbocycles. The Morgan fingerprint density at radius 1 is 1.14 bits per heavy atom. The summed E-state index contributed by atoms with van der Waals surface area (Å²) in [4.78, 5) is 0.986. The van der Waals surface area contributed by atoms with Crippen molar-refractivity contribution in [2.45, 2.75) is 17.9 Å². The van der Waals surface area contributed by atoms with Gasteiger partial charge in [-0.1, -0.05) is 35.3 Å². The number of halogens is 3. The Labute approximate surface area is 138 Å². The molecular formula is C16H16Cl2FNS. The zero-order valence-electron chi connectivity index (χ0n) is 11.6. The van der Waals surface area contributed by atoms with Crippen LogP contribution >= 0.6 is 35.0 Å². The fraction of sp³-hybridized carbons (Fsp3) is 0.250. The maximum absolute atomic E-state index is 12.9. The third-order valence-electron chi connectivity index (χ3n) is 3.07. The maximum atomic E-state index is 12.9. The third-order valence-corrected chi connectivity index (χ3v) is 4.81. The van der Waals surface area contributed by atoms with Gasteiger partial charge in [-0.15, -0.1) is 11.8 Å². The van der Waals surface area contributed by atoms with Crippen LogP contribution in [-0.2, 0) is 0 Å². The van der Waals surface area contributed by atoms with Crippen molar-refractivity contribution in [2.75, 3.05) is 12.3 Å². The van der Waals surface area contributed by atoms with Crippen molar-refractivity contribution in [3.63, 3.8) is 0 Å². The Bertz CT molecular complexity index is 589. The van der Waals surface area contributed by atoms with Crippen molar-refractivity contribution in [3.05, 3.63) is 63.9 Å². The van der Waals surface area contributed by atoms with Crippen LogP contribution in [0.5, 0.6) is 0 Å². The van der Waals surface area contributed by atoms with Crippen molar-refractivity contribution in [1.82, 2.24) is 5.32 Å². The molecule has 5 heteroatoms. The van der Waals surface area contributed by atoms with Gasteiger partial charge in [0.15, 0.2) is 0 Å². The summed E-state index contributed by atoms with van der Waals surface area (Å²) in [5, 5.41) is 4.81. The molecule has 0 bridgehead atoms. The summed E-state index contributed by atoms with van der Waals surface area (Å²) in [6.45, 7) is 2.89. The average Bonchev–Trinajstić information content (AvgIpc) is 2.47. The van der Waals surface area contributed by atoms with E-state index in [2.05, 4.69) is 12.2 Å². The summed E-state index contributed by atoms with van der Waals surface area (Å²) >= 11 is 13.7. The maximum Gasteiger partial charge on any atom is 0.123 e. The van der Waals surface area contributed by atoms with Gasteiger partial charge in [0, 0.05) is 28.3 Å². The number of hydrogen-bond acceptors (Lipinski definition) is 2. The Kier molecular flexibility index (Phi) is 6.37. The zero-order valence-corrected chi connectivity index (χ0v) is 13.9. The summed E-state index contributed by atoms with van der Waals surface area (Å²) in [6, 6.07) is 12.2. The lowest BCUT2D eigenvalue weighted by molar-refractivity contribution is 0.594. The minimum atomic E-state index is -0.211. The van der Waals surface area contributed by atoms with E-state index in [9.17, 15) is 4.39 Å². The van der Waals surface area contributed by atoms with Gasteiger partial charge in [0.05, 0.1) is 5.02 Å². The number of benzene rings is 2. The first-order chi connectivity index (χ1) is 10.1. The van der Waals surface area contributed by atoms with Crippen molar-refractivity contribution in [1.29, 1.82) is 0 Å². The van der Waals surface area contributed by atoms with Gasteiger partial charge >= 0.3 is 0 Å². The second-order valence-corrected chi connectivity index (χ2v) is 6.63. The molecule has 0 heterocycles. The summed E-state index contributed by atoms with van der Waals surface area (Å²) in [7, 11) is 0. The van der Waals surface area contributed by atoms with Crippen LogP contribution < -0.4 is 5.32 Å². The van der Waals surface area contributed by atoms with E-state index < -0.39 is 0 Å². The molecule has 0 aliphatic rings. The highest BCUT2D eigenvalue weighted by Gasteiger charge is 2.06. The molecule has 21 heavy (non-hydrogen) atoms. The smallest absolute Gasteiger partial charge is 0.123 e. The molecule has 0 aliphatic carbocycles. The lowest BCUT2D eigenvalue weighted by Crippen LogP contribution is -2.21. The van der Waals surface area contributed by atoms with Crippen LogP contribution in [0.4, 0.5) is 4.39 Å². The van der Waals surface area contributed by atoms with Gasteiger partial charge < -0.3 is 5.32 Å². The Morgan fingerprint density at radius 2 is 1.86 bits per heavy atom. The molecule has 0 fully saturated rings. The SMILES string of the molecule is CC(NCCSc1cc(Cl)ccc1Cl)c1ccc(F)cc1. The lowest BCUT2D eigenvalue weighted by Gasteiger charge is -2.14. The molecule has 1 atom stereocenters. The standard InChI is InChI=1S/C16H16Cl2FNS/c1-11(12-2-5-14(19)6-3-12)20-8-9-21-16-10-13(17)4-7-15(16)18/h2-7,10-11,20H,8-9H2,1H3. The van der Waals surface area contributed by atoms with E-state index in [1.54, 1.807) is 36.0 Å². The molecule has 1 unspecified atom stereocenters. The van der Waals surface area contributed by atoms with E-state index in [0.717, 1.165) is 27.8 Å². The Morgan fingerprint density at radius 3 is 2.57 bits per heavy atom. The molecule has 0 saturated heterocycles. The molecule has 0 amide bonds. The van der Waals surface area contributed by atoms with Crippen LogP contribution in [-0.4, -0.2) is 12.3 Å². The van der Waals surface area contributed by atoms with Crippen LogP contribution in [0.25, 0.3) is 0 Å².